The van der Waals surface area contributed by atoms with E-state index < -0.39 is 0 Å². The number of hydrogen-bond donors (Lipinski definition) is 1. The average molecular weight is 365 g/mol. The van der Waals surface area contributed by atoms with Gasteiger partial charge in [0.2, 0.25) is 5.91 Å². The summed E-state index contributed by atoms with van der Waals surface area (Å²) in [5, 5.41) is 3.78. The summed E-state index contributed by atoms with van der Waals surface area (Å²) in [6.07, 6.45) is 0. The number of thiocarbonyl (C=S) groups is 1. The fraction of sp³-hybridized carbons (Fsp3) is 0.429. The van der Waals surface area contributed by atoms with Crippen LogP contribution in [0.15, 0.2) is 18.2 Å². The van der Waals surface area contributed by atoms with E-state index in [0.717, 1.165) is 5.56 Å². The maximum absolute atomic E-state index is 12.2. The van der Waals surface area contributed by atoms with Crippen molar-refractivity contribution < 1.29 is 4.79 Å². The Morgan fingerprint density at radius 2 is 1.95 bits per heavy atom. The highest BCUT2D eigenvalue weighted by molar-refractivity contribution is 8.23. The summed E-state index contributed by atoms with van der Waals surface area (Å²) in [5.41, 5.74) is 0.835. The summed E-state index contributed by atoms with van der Waals surface area (Å²) in [6, 6.07) is 5.04. The first-order valence-electron chi connectivity index (χ1n) is 6.35. The SMILES string of the molecule is C[C@@H](SC(=S)N(C)C)C(=O)N[C@H](C)c1ccc(Cl)cc1Cl. The molecule has 2 atom stereocenters. The second-order valence-electron chi connectivity index (χ2n) is 4.82. The average Bonchev–Trinajstić information content (AvgIpc) is 2.37. The number of carbonyl (C=O) groups is 1. The van der Waals surface area contributed by atoms with Crippen LogP contribution >= 0.6 is 47.2 Å². The van der Waals surface area contributed by atoms with E-state index in [1.165, 1.54) is 11.8 Å². The van der Waals surface area contributed by atoms with Gasteiger partial charge in [0.05, 0.1) is 11.3 Å². The normalized spacial score (nSPS) is 13.4. The molecule has 0 aliphatic heterocycles. The number of hydrogen-bond acceptors (Lipinski definition) is 3. The van der Waals surface area contributed by atoms with Gasteiger partial charge in [0.1, 0.15) is 4.32 Å². The van der Waals surface area contributed by atoms with Crippen molar-refractivity contribution in [3.8, 4) is 0 Å². The fourth-order valence-electron chi connectivity index (χ4n) is 1.57. The molecule has 0 fully saturated rings. The fourth-order valence-corrected chi connectivity index (χ4v) is 3.26. The maximum atomic E-state index is 12.2. The third kappa shape index (κ3) is 5.66. The third-order valence-electron chi connectivity index (χ3n) is 2.80. The summed E-state index contributed by atoms with van der Waals surface area (Å²) in [7, 11) is 3.71. The molecule has 3 nitrogen and oxygen atoms in total. The zero-order chi connectivity index (χ0) is 16.2. The monoisotopic (exact) mass is 364 g/mol. The van der Waals surface area contributed by atoms with Crippen LogP contribution < -0.4 is 5.32 Å². The highest BCUT2D eigenvalue weighted by Gasteiger charge is 2.20. The first-order valence-corrected chi connectivity index (χ1v) is 8.40. The third-order valence-corrected chi connectivity index (χ3v) is 5.15. The van der Waals surface area contributed by atoms with Crippen LogP contribution in [0.5, 0.6) is 0 Å². The van der Waals surface area contributed by atoms with Gasteiger partial charge in [-0.25, -0.2) is 0 Å². The lowest BCUT2D eigenvalue weighted by Gasteiger charge is -2.20. The molecule has 0 aliphatic carbocycles. The summed E-state index contributed by atoms with van der Waals surface area (Å²) < 4.78 is 0.676. The minimum atomic E-state index is -0.270. The molecule has 0 saturated heterocycles. The molecule has 0 spiro atoms. The molecule has 1 rings (SSSR count). The largest absolute Gasteiger partial charge is 0.364 e. The van der Waals surface area contributed by atoms with Crippen molar-refractivity contribution in [3.05, 3.63) is 33.8 Å². The van der Waals surface area contributed by atoms with E-state index >= 15 is 0 Å². The number of nitrogens with one attached hydrogen (secondary N) is 1. The van der Waals surface area contributed by atoms with Crippen LogP contribution in [0.2, 0.25) is 10.0 Å². The van der Waals surface area contributed by atoms with Crippen molar-refractivity contribution in [2.24, 2.45) is 0 Å². The van der Waals surface area contributed by atoms with Crippen LogP contribution in [-0.2, 0) is 4.79 Å². The predicted octanol–water partition coefficient (Wildman–Crippen LogP) is 4.14. The molecular weight excluding hydrogens is 347 g/mol. The Kier molecular flexibility index (Phi) is 7.27. The number of nitrogens with zero attached hydrogens (tertiary/aromatic N) is 1. The van der Waals surface area contributed by atoms with Crippen molar-refractivity contribution in [1.29, 1.82) is 0 Å². The Hall–Kier alpha value is -0.490. The van der Waals surface area contributed by atoms with Gasteiger partial charge in [0, 0.05) is 24.1 Å². The summed E-state index contributed by atoms with van der Waals surface area (Å²) in [4.78, 5) is 14.0. The summed E-state index contributed by atoms with van der Waals surface area (Å²) >= 11 is 18.6. The van der Waals surface area contributed by atoms with Crippen LogP contribution in [0.3, 0.4) is 0 Å². The van der Waals surface area contributed by atoms with Gasteiger partial charge in [-0.15, -0.1) is 0 Å². The van der Waals surface area contributed by atoms with E-state index in [9.17, 15) is 4.79 Å². The lowest BCUT2D eigenvalue weighted by atomic mass is 10.1. The van der Waals surface area contributed by atoms with Crippen molar-refractivity contribution in [2.45, 2.75) is 25.1 Å². The van der Waals surface area contributed by atoms with E-state index in [4.69, 9.17) is 35.4 Å². The van der Waals surface area contributed by atoms with Gasteiger partial charge in [-0.3, -0.25) is 4.79 Å². The highest BCUT2D eigenvalue weighted by atomic mass is 35.5. The molecule has 1 aromatic rings. The molecule has 0 aliphatic rings. The first kappa shape index (κ1) is 18.6. The zero-order valence-corrected chi connectivity index (χ0v) is 15.5. The topological polar surface area (TPSA) is 32.3 Å². The van der Waals surface area contributed by atoms with E-state index in [1.54, 1.807) is 12.1 Å². The van der Waals surface area contributed by atoms with Crippen LogP contribution in [0.4, 0.5) is 0 Å². The number of amides is 1. The van der Waals surface area contributed by atoms with Gasteiger partial charge in [-0.1, -0.05) is 53.2 Å². The second-order valence-corrected chi connectivity index (χ2v) is 7.63. The Bertz CT molecular complexity index is 538. The molecular formula is C14H18Cl2N2OS2. The number of rotatable bonds is 4. The lowest BCUT2D eigenvalue weighted by molar-refractivity contribution is -0.120. The van der Waals surface area contributed by atoms with Crippen molar-refractivity contribution in [2.75, 3.05) is 14.1 Å². The van der Waals surface area contributed by atoms with Crippen molar-refractivity contribution in [3.63, 3.8) is 0 Å². The quantitative estimate of drug-likeness (QED) is 0.813. The minimum Gasteiger partial charge on any atom is -0.364 e. The summed E-state index contributed by atoms with van der Waals surface area (Å²) in [6.45, 7) is 3.71. The lowest BCUT2D eigenvalue weighted by Crippen LogP contribution is -2.34. The van der Waals surface area contributed by atoms with Gasteiger partial charge in [-0.2, -0.15) is 0 Å². The molecule has 0 radical (unpaired) electrons. The Balaban J connectivity index is 2.67. The molecule has 116 valence electrons. The molecule has 21 heavy (non-hydrogen) atoms. The van der Waals surface area contributed by atoms with E-state index in [0.29, 0.717) is 14.4 Å². The van der Waals surface area contributed by atoms with Gasteiger partial charge in [-0.05, 0) is 31.5 Å². The molecule has 0 aromatic heterocycles. The van der Waals surface area contributed by atoms with E-state index in [2.05, 4.69) is 5.32 Å². The first-order chi connectivity index (χ1) is 9.72. The molecule has 0 saturated carbocycles. The Morgan fingerprint density at radius 3 is 2.48 bits per heavy atom. The van der Waals surface area contributed by atoms with Gasteiger partial charge < -0.3 is 10.2 Å². The number of benzene rings is 1. The molecule has 0 unspecified atom stereocenters. The van der Waals surface area contributed by atoms with Gasteiger partial charge in [0.15, 0.2) is 0 Å². The highest BCUT2D eigenvalue weighted by Crippen LogP contribution is 2.26. The van der Waals surface area contributed by atoms with Crippen molar-refractivity contribution in [1.82, 2.24) is 10.2 Å². The Labute approximate surface area is 145 Å². The van der Waals surface area contributed by atoms with Crippen LogP contribution in [-0.4, -0.2) is 34.5 Å². The number of halogens is 2. The van der Waals surface area contributed by atoms with Crippen molar-refractivity contribution >= 4 is 57.4 Å². The molecule has 0 heterocycles. The van der Waals surface area contributed by atoms with Crippen LogP contribution in [0.25, 0.3) is 0 Å². The van der Waals surface area contributed by atoms with Gasteiger partial charge >= 0.3 is 0 Å². The predicted molar refractivity (Wildman–Crippen MR) is 96.4 cm³/mol. The van der Waals surface area contributed by atoms with Crippen LogP contribution in [0.1, 0.15) is 25.5 Å². The standard InChI is InChI=1S/C14H18Cl2N2OS2/c1-8(11-6-5-10(15)7-12(11)16)17-13(19)9(2)21-14(20)18(3)4/h5-9H,1-4H3,(H,17,19)/t8-,9-/m1/s1. The maximum Gasteiger partial charge on any atom is 0.233 e. The zero-order valence-electron chi connectivity index (χ0n) is 12.3. The second kappa shape index (κ2) is 8.22. The molecule has 0 bridgehead atoms. The van der Waals surface area contributed by atoms with Gasteiger partial charge in [0.25, 0.3) is 0 Å². The molecule has 1 amide bonds. The number of carbonyl (C=O) groups excluding carboxylic acids is 1. The minimum absolute atomic E-state index is 0.0808. The smallest absolute Gasteiger partial charge is 0.233 e. The summed E-state index contributed by atoms with van der Waals surface area (Å²) in [5.74, 6) is -0.0808. The molecule has 7 heteroatoms. The Morgan fingerprint density at radius 1 is 1.33 bits per heavy atom. The number of thioether (sulfide) groups is 1. The molecule has 1 N–H and O–H groups in total. The van der Waals surface area contributed by atoms with Crippen LogP contribution in [0, 0.1) is 0 Å². The van der Waals surface area contributed by atoms with E-state index in [1.807, 2.05) is 38.9 Å². The molecule has 1 aromatic carbocycles. The van der Waals surface area contributed by atoms with E-state index in [-0.39, 0.29) is 17.2 Å².